The number of nitrogens with one attached hydrogen (secondary N) is 1. The van der Waals surface area contributed by atoms with E-state index in [1.165, 1.54) is 0 Å². The van der Waals surface area contributed by atoms with Crippen molar-refractivity contribution in [2.24, 2.45) is 5.92 Å². The number of carbonyl (C=O) groups is 1. The molecule has 2 N–H and O–H groups in total. The highest BCUT2D eigenvalue weighted by Gasteiger charge is 2.30. The fraction of sp³-hybridized carbons (Fsp3) is 0.333. The van der Waals surface area contributed by atoms with Crippen LogP contribution in [-0.4, -0.2) is 27.2 Å². The standard InChI is InChI=1S/C15H16BrN3O2/c1-9-17-4-5-19(9)14-3-2-10(6-12(14)16)13-7-11(8-18-13)15(20)21/h2-6,11,13,18H,7-8H2,1H3,(H,20,21). The van der Waals surface area contributed by atoms with E-state index in [0.717, 1.165) is 21.5 Å². The molecule has 1 saturated heterocycles. The first kappa shape index (κ1) is 14.3. The number of rotatable bonds is 3. The van der Waals surface area contributed by atoms with E-state index < -0.39 is 5.97 Å². The Morgan fingerprint density at radius 1 is 1.52 bits per heavy atom. The molecular formula is C15H16BrN3O2. The molecule has 0 spiro atoms. The van der Waals surface area contributed by atoms with Crippen LogP contribution in [0.1, 0.15) is 23.9 Å². The zero-order valence-corrected chi connectivity index (χ0v) is 13.2. The number of nitrogens with zero attached hydrogens (tertiary/aromatic N) is 2. The van der Waals surface area contributed by atoms with Gasteiger partial charge < -0.3 is 15.0 Å². The van der Waals surface area contributed by atoms with E-state index in [0.29, 0.717) is 13.0 Å². The maximum Gasteiger partial charge on any atom is 0.307 e. The van der Waals surface area contributed by atoms with E-state index in [4.69, 9.17) is 5.11 Å². The summed E-state index contributed by atoms with van der Waals surface area (Å²) in [5.41, 5.74) is 2.13. The minimum atomic E-state index is -0.727. The van der Waals surface area contributed by atoms with Gasteiger partial charge in [-0.15, -0.1) is 0 Å². The van der Waals surface area contributed by atoms with E-state index >= 15 is 0 Å². The minimum absolute atomic E-state index is 0.0975. The van der Waals surface area contributed by atoms with Crippen molar-refractivity contribution in [3.8, 4) is 5.69 Å². The summed E-state index contributed by atoms with van der Waals surface area (Å²) in [6.45, 7) is 2.48. The summed E-state index contributed by atoms with van der Waals surface area (Å²) < 4.78 is 2.98. The van der Waals surface area contributed by atoms with Crippen molar-refractivity contribution in [1.82, 2.24) is 14.9 Å². The van der Waals surface area contributed by atoms with Gasteiger partial charge in [0.05, 0.1) is 11.6 Å². The third kappa shape index (κ3) is 2.73. The van der Waals surface area contributed by atoms with Crippen LogP contribution in [0, 0.1) is 12.8 Å². The van der Waals surface area contributed by atoms with Crippen molar-refractivity contribution >= 4 is 21.9 Å². The molecule has 1 aliphatic heterocycles. The molecule has 0 bridgehead atoms. The SMILES string of the molecule is Cc1nccn1-c1ccc(C2CC(C(=O)O)CN2)cc1Br. The van der Waals surface area contributed by atoms with Gasteiger partial charge in [-0.2, -0.15) is 0 Å². The number of carboxylic acids is 1. The second-order valence-corrected chi connectivity index (χ2v) is 6.14. The van der Waals surface area contributed by atoms with E-state index in [2.05, 4.69) is 32.3 Å². The molecule has 2 atom stereocenters. The Balaban J connectivity index is 1.86. The molecule has 2 unspecified atom stereocenters. The van der Waals surface area contributed by atoms with Gasteiger partial charge in [0, 0.05) is 29.5 Å². The number of aliphatic carboxylic acids is 1. The minimum Gasteiger partial charge on any atom is -0.481 e. The maximum absolute atomic E-state index is 11.0. The van der Waals surface area contributed by atoms with Crippen molar-refractivity contribution in [3.63, 3.8) is 0 Å². The molecule has 1 aliphatic rings. The molecular weight excluding hydrogens is 334 g/mol. The lowest BCUT2D eigenvalue weighted by Gasteiger charge is -2.14. The van der Waals surface area contributed by atoms with Gasteiger partial charge in [0.15, 0.2) is 0 Å². The zero-order chi connectivity index (χ0) is 15.0. The van der Waals surface area contributed by atoms with Gasteiger partial charge in [-0.25, -0.2) is 4.98 Å². The molecule has 0 radical (unpaired) electrons. The number of halogens is 1. The second kappa shape index (κ2) is 5.61. The Bertz CT molecular complexity index is 683. The summed E-state index contributed by atoms with van der Waals surface area (Å²) in [6, 6.07) is 6.22. The maximum atomic E-state index is 11.0. The first-order chi connectivity index (χ1) is 10.1. The van der Waals surface area contributed by atoms with Crippen LogP contribution in [0.3, 0.4) is 0 Å². The second-order valence-electron chi connectivity index (χ2n) is 5.29. The molecule has 0 amide bonds. The molecule has 110 valence electrons. The molecule has 1 aromatic heterocycles. The summed E-state index contributed by atoms with van der Waals surface area (Å²) >= 11 is 3.60. The lowest BCUT2D eigenvalue weighted by atomic mass is 10.00. The molecule has 21 heavy (non-hydrogen) atoms. The molecule has 0 saturated carbocycles. The van der Waals surface area contributed by atoms with Crippen LogP contribution in [0.4, 0.5) is 0 Å². The first-order valence-electron chi connectivity index (χ1n) is 6.82. The highest BCUT2D eigenvalue weighted by molar-refractivity contribution is 9.10. The predicted molar refractivity (Wildman–Crippen MR) is 82.5 cm³/mol. The highest BCUT2D eigenvalue weighted by atomic mass is 79.9. The van der Waals surface area contributed by atoms with E-state index in [-0.39, 0.29) is 12.0 Å². The number of aromatic nitrogens is 2. The monoisotopic (exact) mass is 349 g/mol. The smallest absolute Gasteiger partial charge is 0.307 e. The van der Waals surface area contributed by atoms with Crippen molar-refractivity contribution < 1.29 is 9.90 Å². The van der Waals surface area contributed by atoms with Crippen LogP contribution >= 0.6 is 15.9 Å². The summed E-state index contributed by atoms with van der Waals surface area (Å²) in [5.74, 6) is -0.104. The fourth-order valence-corrected chi connectivity index (χ4v) is 3.33. The van der Waals surface area contributed by atoms with E-state index in [1.807, 2.05) is 29.8 Å². The summed E-state index contributed by atoms with van der Waals surface area (Å²) in [7, 11) is 0. The number of benzene rings is 1. The Kier molecular flexibility index (Phi) is 3.82. The molecule has 5 nitrogen and oxygen atoms in total. The van der Waals surface area contributed by atoms with Crippen molar-refractivity contribution in [2.75, 3.05) is 6.54 Å². The third-order valence-electron chi connectivity index (χ3n) is 3.94. The molecule has 3 rings (SSSR count). The van der Waals surface area contributed by atoms with Crippen LogP contribution in [-0.2, 0) is 4.79 Å². The Morgan fingerprint density at radius 2 is 2.33 bits per heavy atom. The summed E-state index contributed by atoms with van der Waals surface area (Å²) in [5, 5.41) is 12.3. The number of hydrogen-bond donors (Lipinski definition) is 2. The normalized spacial score (nSPS) is 21.6. The van der Waals surface area contributed by atoms with Gasteiger partial charge >= 0.3 is 5.97 Å². The number of imidazole rings is 1. The van der Waals surface area contributed by atoms with Crippen LogP contribution < -0.4 is 5.32 Å². The van der Waals surface area contributed by atoms with E-state index in [1.54, 1.807) is 6.20 Å². The van der Waals surface area contributed by atoms with Crippen LogP contribution in [0.15, 0.2) is 35.1 Å². The first-order valence-corrected chi connectivity index (χ1v) is 7.61. The van der Waals surface area contributed by atoms with Gasteiger partial charge in [-0.05, 0) is 47.0 Å². The Labute approximate surface area is 131 Å². The van der Waals surface area contributed by atoms with Gasteiger partial charge in [0.2, 0.25) is 0 Å². The Morgan fingerprint density at radius 3 is 2.90 bits per heavy atom. The molecule has 1 fully saturated rings. The summed E-state index contributed by atoms with van der Waals surface area (Å²) in [6.07, 6.45) is 4.32. The molecule has 2 aromatic rings. The van der Waals surface area contributed by atoms with E-state index in [9.17, 15) is 4.79 Å². The Hall–Kier alpha value is -1.66. The van der Waals surface area contributed by atoms with Crippen LogP contribution in [0.5, 0.6) is 0 Å². The molecule has 2 heterocycles. The number of hydrogen-bond acceptors (Lipinski definition) is 3. The highest BCUT2D eigenvalue weighted by Crippen LogP contribution is 2.31. The molecule has 6 heteroatoms. The number of carboxylic acid groups (broad SMARTS) is 1. The van der Waals surface area contributed by atoms with Crippen LogP contribution in [0.2, 0.25) is 0 Å². The average molecular weight is 350 g/mol. The van der Waals surface area contributed by atoms with Gasteiger partial charge in [0.25, 0.3) is 0 Å². The van der Waals surface area contributed by atoms with Gasteiger partial charge in [-0.1, -0.05) is 6.07 Å². The van der Waals surface area contributed by atoms with Crippen molar-refractivity contribution in [3.05, 3.63) is 46.5 Å². The van der Waals surface area contributed by atoms with Crippen molar-refractivity contribution in [2.45, 2.75) is 19.4 Å². The molecule has 0 aliphatic carbocycles. The van der Waals surface area contributed by atoms with Crippen molar-refractivity contribution in [1.29, 1.82) is 0 Å². The van der Waals surface area contributed by atoms with Gasteiger partial charge in [0.1, 0.15) is 5.82 Å². The third-order valence-corrected chi connectivity index (χ3v) is 4.57. The average Bonchev–Trinajstić information content (AvgIpc) is 3.07. The predicted octanol–water partition coefficient (Wildman–Crippen LogP) is 2.68. The number of aryl methyl sites for hydroxylation is 1. The summed E-state index contributed by atoms with van der Waals surface area (Å²) in [4.78, 5) is 15.3. The fourth-order valence-electron chi connectivity index (χ4n) is 2.75. The quantitative estimate of drug-likeness (QED) is 0.893. The lowest BCUT2D eigenvalue weighted by molar-refractivity contribution is -0.141. The topological polar surface area (TPSA) is 67.2 Å². The molecule has 1 aromatic carbocycles. The van der Waals surface area contributed by atoms with Gasteiger partial charge in [-0.3, -0.25) is 4.79 Å². The zero-order valence-electron chi connectivity index (χ0n) is 11.6. The lowest BCUT2D eigenvalue weighted by Crippen LogP contribution is -2.17. The van der Waals surface area contributed by atoms with Crippen LogP contribution in [0.25, 0.3) is 5.69 Å². The largest absolute Gasteiger partial charge is 0.481 e.